The quantitative estimate of drug-likeness (QED) is 0.503. The molecule has 0 aliphatic carbocycles. The van der Waals surface area contributed by atoms with Crippen molar-refractivity contribution in [3.05, 3.63) is 77.4 Å². The first kappa shape index (κ1) is 20.5. The van der Waals surface area contributed by atoms with Crippen molar-refractivity contribution in [3.8, 4) is 17.4 Å². The Bertz CT molecular complexity index is 976. The van der Waals surface area contributed by atoms with Crippen LogP contribution in [0.4, 0.5) is 23.7 Å². The van der Waals surface area contributed by atoms with Gasteiger partial charge in [0.2, 0.25) is 5.88 Å². The molecule has 1 amide bonds. The molecule has 3 aromatic rings. The Kier molecular flexibility index (Phi) is 5.93. The van der Waals surface area contributed by atoms with E-state index in [0.717, 1.165) is 12.1 Å². The molecule has 9 heteroatoms. The maximum absolute atomic E-state index is 12.5. The second-order valence-electron chi connectivity index (χ2n) is 5.86. The van der Waals surface area contributed by atoms with E-state index in [1.165, 1.54) is 29.2 Å². The fourth-order valence-corrected chi connectivity index (χ4v) is 2.37. The molecule has 0 unspecified atom stereocenters. The maximum Gasteiger partial charge on any atom is 0.419 e. The highest BCUT2D eigenvalue weighted by molar-refractivity contribution is 6.30. The highest BCUT2D eigenvalue weighted by Gasteiger charge is 2.30. The predicted octanol–water partition coefficient (Wildman–Crippen LogP) is 6.18. The van der Waals surface area contributed by atoms with Crippen LogP contribution in [0.15, 0.2) is 66.9 Å². The van der Waals surface area contributed by atoms with E-state index in [4.69, 9.17) is 21.1 Å². The van der Waals surface area contributed by atoms with E-state index in [1.54, 1.807) is 31.3 Å². The fraction of sp³-hybridized carbons (Fsp3) is 0.100. The van der Waals surface area contributed by atoms with Gasteiger partial charge in [0.25, 0.3) is 0 Å². The SMILES string of the molecule is CN(C(=O)Oc1ccc(Oc2ccc(C(F)(F)F)cn2)cc1)c1ccc(Cl)cc1. The van der Waals surface area contributed by atoms with Gasteiger partial charge in [-0.2, -0.15) is 13.2 Å². The summed E-state index contributed by atoms with van der Waals surface area (Å²) in [5.74, 6) is 0.594. The zero-order chi connectivity index (χ0) is 21.0. The molecular weight excluding hydrogens is 409 g/mol. The van der Waals surface area contributed by atoms with Crippen LogP contribution in [0.5, 0.6) is 17.4 Å². The Morgan fingerprint density at radius 2 is 1.59 bits per heavy atom. The first-order valence-electron chi connectivity index (χ1n) is 8.24. The summed E-state index contributed by atoms with van der Waals surface area (Å²) in [5.41, 5.74) is -0.260. The third-order valence-corrected chi connectivity index (χ3v) is 4.05. The van der Waals surface area contributed by atoms with Gasteiger partial charge in [0.15, 0.2) is 0 Å². The number of aromatic nitrogens is 1. The Morgan fingerprint density at radius 1 is 0.966 bits per heavy atom. The summed E-state index contributed by atoms with van der Waals surface area (Å²) >= 11 is 5.83. The number of hydrogen-bond donors (Lipinski definition) is 0. The van der Waals surface area contributed by atoms with Crippen LogP contribution in [0, 0.1) is 0 Å². The number of amides is 1. The molecule has 3 rings (SSSR count). The molecule has 0 spiro atoms. The number of benzene rings is 2. The highest BCUT2D eigenvalue weighted by atomic mass is 35.5. The maximum atomic E-state index is 12.5. The molecule has 29 heavy (non-hydrogen) atoms. The lowest BCUT2D eigenvalue weighted by atomic mass is 10.3. The monoisotopic (exact) mass is 422 g/mol. The van der Waals surface area contributed by atoms with Crippen molar-refractivity contribution in [3.63, 3.8) is 0 Å². The Morgan fingerprint density at radius 3 is 2.14 bits per heavy atom. The molecule has 5 nitrogen and oxygen atoms in total. The summed E-state index contributed by atoms with van der Waals surface area (Å²) < 4.78 is 48.3. The van der Waals surface area contributed by atoms with E-state index in [0.29, 0.717) is 22.7 Å². The number of ether oxygens (including phenoxy) is 2. The molecule has 0 aliphatic heterocycles. The van der Waals surface area contributed by atoms with Gasteiger partial charge in [0, 0.05) is 30.0 Å². The van der Waals surface area contributed by atoms with Gasteiger partial charge in [-0.3, -0.25) is 4.90 Å². The van der Waals surface area contributed by atoms with Gasteiger partial charge < -0.3 is 9.47 Å². The van der Waals surface area contributed by atoms with Gasteiger partial charge in [-0.15, -0.1) is 0 Å². The van der Waals surface area contributed by atoms with Crippen LogP contribution in [0.25, 0.3) is 0 Å². The number of carbonyl (C=O) groups is 1. The Hall–Kier alpha value is -3.26. The van der Waals surface area contributed by atoms with Crippen LogP contribution in [-0.4, -0.2) is 18.1 Å². The van der Waals surface area contributed by atoms with Crippen molar-refractivity contribution in [2.75, 3.05) is 11.9 Å². The molecular formula is C20H14ClF3N2O3. The number of anilines is 1. The van der Waals surface area contributed by atoms with Gasteiger partial charge in [-0.1, -0.05) is 11.6 Å². The van der Waals surface area contributed by atoms with Crippen molar-refractivity contribution < 1.29 is 27.4 Å². The minimum absolute atomic E-state index is 0.00483. The molecule has 1 heterocycles. The standard InChI is InChI=1S/C20H14ClF3N2O3/c1-26(15-5-3-14(21)4-6-15)19(27)29-17-9-7-16(8-10-17)28-18-11-2-13(12-25-18)20(22,23)24/h2-12H,1H3. The zero-order valence-corrected chi connectivity index (χ0v) is 15.7. The van der Waals surface area contributed by atoms with Gasteiger partial charge in [-0.05, 0) is 54.6 Å². The first-order valence-corrected chi connectivity index (χ1v) is 8.62. The third kappa shape index (κ3) is 5.39. The zero-order valence-electron chi connectivity index (χ0n) is 15.0. The van der Waals surface area contributed by atoms with Crippen molar-refractivity contribution in [2.24, 2.45) is 0 Å². The molecule has 0 radical (unpaired) electrons. The minimum Gasteiger partial charge on any atom is -0.439 e. The van der Waals surface area contributed by atoms with Crippen LogP contribution in [0.3, 0.4) is 0 Å². The van der Waals surface area contributed by atoms with Crippen molar-refractivity contribution >= 4 is 23.4 Å². The summed E-state index contributed by atoms with van der Waals surface area (Å²) in [7, 11) is 1.55. The van der Waals surface area contributed by atoms with Gasteiger partial charge in [-0.25, -0.2) is 9.78 Å². The van der Waals surface area contributed by atoms with Gasteiger partial charge in [0.05, 0.1) is 5.56 Å². The Labute approximate surface area is 169 Å². The number of carbonyl (C=O) groups excluding carboxylic acids is 1. The molecule has 0 fully saturated rings. The number of halogens is 4. The first-order chi connectivity index (χ1) is 13.7. The lowest BCUT2D eigenvalue weighted by Gasteiger charge is -2.17. The van der Waals surface area contributed by atoms with Crippen LogP contribution in [0.1, 0.15) is 5.56 Å². The molecule has 0 bridgehead atoms. The molecule has 150 valence electrons. The van der Waals surface area contributed by atoms with Crippen molar-refractivity contribution in [1.29, 1.82) is 0 Å². The molecule has 0 saturated heterocycles. The molecule has 2 aromatic carbocycles. The summed E-state index contributed by atoms with van der Waals surface area (Å²) in [6, 6.07) is 14.7. The largest absolute Gasteiger partial charge is 0.439 e. The average Bonchev–Trinajstić information content (AvgIpc) is 2.69. The normalized spacial score (nSPS) is 11.1. The summed E-state index contributed by atoms with van der Waals surface area (Å²) in [5, 5.41) is 0.550. The van der Waals surface area contributed by atoms with E-state index >= 15 is 0 Å². The van der Waals surface area contributed by atoms with Crippen molar-refractivity contribution in [2.45, 2.75) is 6.18 Å². The average molecular weight is 423 g/mol. The summed E-state index contributed by atoms with van der Waals surface area (Å²) in [6.07, 6.45) is -4.38. The van der Waals surface area contributed by atoms with Crippen LogP contribution in [-0.2, 0) is 6.18 Å². The lowest BCUT2D eigenvalue weighted by Crippen LogP contribution is -2.29. The molecule has 1 aromatic heterocycles. The summed E-state index contributed by atoms with van der Waals surface area (Å²) in [4.78, 5) is 17.2. The topological polar surface area (TPSA) is 51.7 Å². The van der Waals surface area contributed by atoms with E-state index in [1.807, 2.05) is 0 Å². The van der Waals surface area contributed by atoms with Gasteiger partial charge >= 0.3 is 12.3 Å². The van der Waals surface area contributed by atoms with Crippen LogP contribution >= 0.6 is 11.6 Å². The van der Waals surface area contributed by atoms with Crippen molar-refractivity contribution in [1.82, 2.24) is 4.98 Å². The number of pyridine rings is 1. The molecule has 0 aliphatic rings. The molecule has 0 atom stereocenters. The lowest BCUT2D eigenvalue weighted by molar-refractivity contribution is -0.137. The number of alkyl halides is 3. The van der Waals surface area contributed by atoms with Crippen LogP contribution in [0.2, 0.25) is 5.02 Å². The minimum atomic E-state index is -4.46. The molecule has 0 N–H and O–H groups in total. The second kappa shape index (κ2) is 8.40. The van der Waals surface area contributed by atoms with E-state index in [2.05, 4.69) is 4.98 Å². The fourth-order valence-electron chi connectivity index (χ4n) is 2.24. The highest BCUT2D eigenvalue weighted by Crippen LogP contribution is 2.30. The number of nitrogens with zero attached hydrogens (tertiary/aromatic N) is 2. The smallest absolute Gasteiger partial charge is 0.419 e. The molecule has 0 saturated carbocycles. The third-order valence-electron chi connectivity index (χ3n) is 3.80. The number of hydrogen-bond acceptors (Lipinski definition) is 4. The van der Waals surface area contributed by atoms with E-state index in [-0.39, 0.29) is 11.6 Å². The Balaban J connectivity index is 1.61. The van der Waals surface area contributed by atoms with Crippen LogP contribution < -0.4 is 14.4 Å². The van der Waals surface area contributed by atoms with Gasteiger partial charge in [0.1, 0.15) is 11.5 Å². The second-order valence-corrected chi connectivity index (χ2v) is 6.30. The predicted molar refractivity (Wildman–Crippen MR) is 102 cm³/mol. The summed E-state index contributed by atoms with van der Waals surface area (Å²) in [6.45, 7) is 0. The van der Waals surface area contributed by atoms with E-state index < -0.39 is 17.8 Å². The number of rotatable bonds is 4. The van der Waals surface area contributed by atoms with E-state index in [9.17, 15) is 18.0 Å².